The first kappa shape index (κ1) is 14.3. The molecule has 19 heavy (non-hydrogen) atoms. The van der Waals surface area contributed by atoms with E-state index >= 15 is 0 Å². The molecule has 2 aromatic rings. The fourth-order valence-electron chi connectivity index (χ4n) is 1.40. The van der Waals surface area contributed by atoms with Crippen LogP contribution in [-0.2, 0) is 16.4 Å². The van der Waals surface area contributed by atoms with Crippen LogP contribution in [0.4, 0.5) is 5.82 Å². The fourth-order valence-corrected chi connectivity index (χ4v) is 3.89. The molecule has 0 spiro atoms. The molecular weight excluding hydrogens is 306 g/mol. The first-order valence-corrected chi connectivity index (χ1v) is 8.12. The zero-order chi connectivity index (χ0) is 13.9. The lowest BCUT2D eigenvalue weighted by atomic mass is 10.3. The standard InChI is InChI=1S/C11H12ClN3O2S2/c12-8-1-3-10(14-7-8)15-19(16,17)11-4-2-9(18-11)5-6-13/h1-4,7H,5-6,13H2,(H,14,15). The average Bonchev–Trinajstić information content (AvgIpc) is 2.82. The molecule has 0 radical (unpaired) electrons. The Morgan fingerprint density at radius 2 is 2.11 bits per heavy atom. The van der Waals surface area contributed by atoms with Gasteiger partial charge in [0.2, 0.25) is 0 Å². The average molecular weight is 318 g/mol. The molecule has 0 atom stereocenters. The van der Waals surface area contributed by atoms with E-state index in [0.717, 1.165) is 4.88 Å². The van der Waals surface area contributed by atoms with Crippen LogP contribution in [0, 0.1) is 0 Å². The van der Waals surface area contributed by atoms with Crippen LogP contribution in [0.15, 0.2) is 34.7 Å². The highest BCUT2D eigenvalue weighted by Crippen LogP contribution is 2.24. The summed E-state index contributed by atoms with van der Waals surface area (Å²) in [6, 6.07) is 6.41. The van der Waals surface area contributed by atoms with Gasteiger partial charge in [-0.15, -0.1) is 11.3 Å². The van der Waals surface area contributed by atoms with Gasteiger partial charge in [-0.2, -0.15) is 0 Å². The number of rotatable bonds is 5. The minimum atomic E-state index is -3.60. The molecular formula is C11H12ClN3O2S2. The Labute approximate surface area is 120 Å². The van der Waals surface area contributed by atoms with E-state index in [1.54, 1.807) is 18.2 Å². The van der Waals surface area contributed by atoms with Crippen molar-refractivity contribution in [3.8, 4) is 0 Å². The van der Waals surface area contributed by atoms with Crippen molar-refractivity contribution in [2.24, 2.45) is 5.73 Å². The van der Waals surface area contributed by atoms with Gasteiger partial charge in [-0.05, 0) is 37.2 Å². The van der Waals surface area contributed by atoms with Crippen LogP contribution in [0.2, 0.25) is 5.02 Å². The Balaban J connectivity index is 2.19. The lowest BCUT2D eigenvalue weighted by molar-refractivity contribution is 0.603. The number of nitrogens with one attached hydrogen (secondary N) is 1. The summed E-state index contributed by atoms with van der Waals surface area (Å²) >= 11 is 6.89. The highest BCUT2D eigenvalue weighted by Gasteiger charge is 2.17. The van der Waals surface area contributed by atoms with E-state index in [9.17, 15) is 8.42 Å². The largest absolute Gasteiger partial charge is 0.330 e. The van der Waals surface area contributed by atoms with Gasteiger partial charge in [0.1, 0.15) is 10.0 Å². The summed E-state index contributed by atoms with van der Waals surface area (Å²) < 4.78 is 26.8. The smallest absolute Gasteiger partial charge is 0.272 e. The lowest BCUT2D eigenvalue weighted by Crippen LogP contribution is -2.12. The van der Waals surface area contributed by atoms with E-state index < -0.39 is 10.0 Å². The number of halogens is 1. The van der Waals surface area contributed by atoms with E-state index in [1.807, 2.05) is 0 Å². The lowest BCUT2D eigenvalue weighted by Gasteiger charge is -2.04. The molecule has 2 aromatic heterocycles. The molecule has 0 aliphatic carbocycles. The van der Waals surface area contributed by atoms with Gasteiger partial charge >= 0.3 is 0 Å². The zero-order valence-electron chi connectivity index (χ0n) is 9.84. The molecule has 0 aromatic carbocycles. The van der Waals surface area contributed by atoms with Crippen LogP contribution in [0.1, 0.15) is 4.88 Å². The maximum atomic E-state index is 12.1. The van der Waals surface area contributed by atoms with Crippen LogP contribution in [0.25, 0.3) is 0 Å². The number of hydrogen-bond donors (Lipinski definition) is 2. The molecule has 2 rings (SSSR count). The van der Waals surface area contributed by atoms with E-state index in [4.69, 9.17) is 17.3 Å². The third-order valence-corrected chi connectivity index (χ3v) is 5.47. The molecule has 0 amide bonds. The minimum Gasteiger partial charge on any atom is -0.330 e. The normalized spacial score (nSPS) is 11.5. The van der Waals surface area contributed by atoms with Gasteiger partial charge in [0.25, 0.3) is 10.0 Å². The van der Waals surface area contributed by atoms with Crippen molar-refractivity contribution in [2.45, 2.75) is 10.6 Å². The van der Waals surface area contributed by atoms with Crippen molar-refractivity contribution in [3.63, 3.8) is 0 Å². The molecule has 0 aliphatic rings. The van der Waals surface area contributed by atoms with Gasteiger partial charge < -0.3 is 5.73 Å². The summed E-state index contributed by atoms with van der Waals surface area (Å²) in [4.78, 5) is 4.83. The maximum Gasteiger partial charge on any atom is 0.272 e. The van der Waals surface area contributed by atoms with E-state index in [2.05, 4.69) is 9.71 Å². The number of nitrogens with two attached hydrogens (primary N) is 1. The Morgan fingerprint density at radius 1 is 1.32 bits per heavy atom. The third-order valence-electron chi connectivity index (χ3n) is 2.26. The topological polar surface area (TPSA) is 85.1 Å². The highest BCUT2D eigenvalue weighted by atomic mass is 35.5. The molecule has 0 fully saturated rings. The number of pyridine rings is 1. The molecule has 8 heteroatoms. The summed E-state index contributed by atoms with van der Waals surface area (Å²) in [5.74, 6) is 0.234. The van der Waals surface area contributed by atoms with E-state index in [1.165, 1.54) is 23.6 Å². The number of hydrogen-bond acceptors (Lipinski definition) is 5. The van der Waals surface area contributed by atoms with Crippen molar-refractivity contribution in [1.29, 1.82) is 0 Å². The summed E-state index contributed by atoms with van der Waals surface area (Å²) in [6.07, 6.45) is 2.05. The van der Waals surface area contributed by atoms with E-state index in [0.29, 0.717) is 18.0 Å². The number of sulfonamides is 1. The number of nitrogens with zero attached hydrogens (tertiary/aromatic N) is 1. The highest BCUT2D eigenvalue weighted by molar-refractivity contribution is 7.94. The second-order valence-electron chi connectivity index (χ2n) is 3.73. The van der Waals surface area contributed by atoms with Crippen LogP contribution in [0.3, 0.4) is 0 Å². The predicted octanol–water partition coefficient (Wildman–Crippen LogP) is 2.10. The van der Waals surface area contributed by atoms with Gasteiger partial charge in [0, 0.05) is 11.1 Å². The summed E-state index contributed by atoms with van der Waals surface area (Å²) in [5, 5.41) is 0.448. The molecule has 0 bridgehead atoms. The fraction of sp³-hybridized carbons (Fsp3) is 0.182. The van der Waals surface area contributed by atoms with Gasteiger partial charge in [-0.1, -0.05) is 11.6 Å². The molecule has 2 heterocycles. The van der Waals surface area contributed by atoms with Crippen molar-refractivity contribution in [2.75, 3.05) is 11.3 Å². The van der Waals surface area contributed by atoms with Gasteiger partial charge in [0.15, 0.2) is 0 Å². The van der Waals surface area contributed by atoms with Crippen molar-refractivity contribution in [1.82, 2.24) is 4.98 Å². The van der Waals surface area contributed by atoms with E-state index in [-0.39, 0.29) is 10.0 Å². The van der Waals surface area contributed by atoms with Crippen molar-refractivity contribution >= 4 is 38.8 Å². The third kappa shape index (κ3) is 3.66. The Morgan fingerprint density at radius 3 is 2.74 bits per heavy atom. The number of anilines is 1. The summed E-state index contributed by atoms with van der Waals surface area (Å²) in [6.45, 7) is 0.492. The van der Waals surface area contributed by atoms with Gasteiger partial charge in [0.05, 0.1) is 5.02 Å². The van der Waals surface area contributed by atoms with Crippen LogP contribution in [-0.4, -0.2) is 19.9 Å². The Kier molecular flexibility index (Phi) is 4.41. The number of thiophene rings is 1. The van der Waals surface area contributed by atoms with Crippen LogP contribution >= 0.6 is 22.9 Å². The maximum absolute atomic E-state index is 12.1. The quantitative estimate of drug-likeness (QED) is 0.884. The second kappa shape index (κ2) is 5.87. The molecule has 3 N–H and O–H groups in total. The van der Waals surface area contributed by atoms with Crippen molar-refractivity contribution in [3.05, 3.63) is 40.4 Å². The predicted molar refractivity (Wildman–Crippen MR) is 77.1 cm³/mol. The monoisotopic (exact) mass is 317 g/mol. The van der Waals surface area contributed by atoms with Crippen molar-refractivity contribution < 1.29 is 8.42 Å². The Bertz CT molecular complexity index is 653. The molecule has 0 saturated carbocycles. The first-order chi connectivity index (χ1) is 9.01. The zero-order valence-corrected chi connectivity index (χ0v) is 12.2. The summed E-state index contributed by atoms with van der Waals surface area (Å²) in [7, 11) is -3.60. The molecule has 0 aliphatic heterocycles. The number of aromatic nitrogens is 1. The molecule has 0 saturated heterocycles. The first-order valence-electron chi connectivity index (χ1n) is 5.44. The molecule has 0 unspecified atom stereocenters. The van der Waals surface area contributed by atoms with Crippen LogP contribution in [0.5, 0.6) is 0 Å². The van der Waals surface area contributed by atoms with Gasteiger partial charge in [-0.3, -0.25) is 4.72 Å². The van der Waals surface area contributed by atoms with Crippen LogP contribution < -0.4 is 10.5 Å². The second-order valence-corrected chi connectivity index (χ2v) is 7.24. The molecule has 5 nitrogen and oxygen atoms in total. The molecule has 102 valence electrons. The summed E-state index contributed by atoms with van der Waals surface area (Å²) in [5.41, 5.74) is 5.44. The van der Waals surface area contributed by atoms with Gasteiger partial charge in [-0.25, -0.2) is 13.4 Å². The minimum absolute atomic E-state index is 0.234. The Hall–Kier alpha value is -1.15. The SMILES string of the molecule is NCCc1ccc(S(=O)(=O)Nc2ccc(Cl)cn2)s1.